The molecule has 0 amide bonds. The van der Waals surface area contributed by atoms with E-state index in [-0.39, 0.29) is 0 Å². The molecule has 0 aromatic rings. The first-order valence-electron chi connectivity index (χ1n) is 7.35. The van der Waals surface area contributed by atoms with Gasteiger partial charge in [-0.3, -0.25) is 0 Å². The SMILES string of the molecule is CCOC(=O)OC1(CCCOC2CCCCC2)CO1. The lowest BCUT2D eigenvalue weighted by molar-refractivity contribution is -0.0449. The first kappa shape index (κ1) is 14.6. The fourth-order valence-electron chi connectivity index (χ4n) is 2.46. The number of carbonyl (C=O) groups excluding carboxylic acids is 1. The first-order valence-corrected chi connectivity index (χ1v) is 7.35. The lowest BCUT2D eigenvalue weighted by Crippen LogP contribution is -2.23. The van der Waals surface area contributed by atoms with E-state index in [1.807, 2.05) is 0 Å². The Balaban J connectivity index is 1.56. The van der Waals surface area contributed by atoms with E-state index in [1.165, 1.54) is 32.1 Å². The van der Waals surface area contributed by atoms with Gasteiger partial charge in [0.25, 0.3) is 0 Å². The average molecular weight is 272 g/mol. The van der Waals surface area contributed by atoms with Gasteiger partial charge in [0.1, 0.15) is 6.61 Å². The summed E-state index contributed by atoms with van der Waals surface area (Å²) in [5, 5.41) is 0. The molecule has 0 N–H and O–H groups in total. The molecular weight excluding hydrogens is 248 g/mol. The second-order valence-corrected chi connectivity index (χ2v) is 5.22. The molecule has 0 aromatic heterocycles. The molecule has 19 heavy (non-hydrogen) atoms. The quantitative estimate of drug-likeness (QED) is 0.405. The van der Waals surface area contributed by atoms with Crippen LogP contribution in [0.5, 0.6) is 0 Å². The highest BCUT2D eigenvalue weighted by molar-refractivity contribution is 5.60. The van der Waals surface area contributed by atoms with Crippen molar-refractivity contribution in [3.8, 4) is 0 Å². The van der Waals surface area contributed by atoms with Gasteiger partial charge in [-0.2, -0.15) is 0 Å². The molecule has 5 heteroatoms. The molecule has 1 unspecified atom stereocenters. The van der Waals surface area contributed by atoms with Gasteiger partial charge in [-0.15, -0.1) is 0 Å². The van der Waals surface area contributed by atoms with Gasteiger partial charge in [0.2, 0.25) is 5.79 Å². The van der Waals surface area contributed by atoms with Gasteiger partial charge in [-0.05, 0) is 26.2 Å². The van der Waals surface area contributed by atoms with Crippen LogP contribution < -0.4 is 0 Å². The van der Waals surface area contributed by atoms with Crippen molar-refractivity contribution in [1.82, 2.24) is 0 Å². The Hall–Kier alpha value is -0.810. The molecule has 1 atom stereocenters. The van der Waals surface area contributed by atoms with Gasteiger partial charge in [0.05, 0.1) is 12.7 Å². The number of carbonyl (C=O) groups is 1. The zero-order chi connectivity index (χ0) is 13.6. The number of epoxide rings is 1. The summed E-state index contributed by atoms with van der Waals surface area (Å²) in [6.07, 6.45) is 7.57. The lowest BCUT2D eigenvalue weighted by Gasteiger charge is -2.22. The molecule has 1 aliphatic carbocycles. The third-order valence-corrected chi connectivity index (χ3v) is 3.61. The van der Waals surface area contributed by atoms with E-state index >= 15 is 0 Å². The summed E-state index contributed by atoms with van der Waals surface area (Å²) in [6.45, 7) is 3.25. The van der Waals surface area contributed by atoms with Crippen LogP contribution in [0, 0.1) is 0 Å². The molecule has 0 aromatic carbocycles. The summed E-state index contributed by atoms with van der Waals surface area (Å²) < 4.78 is 20.9. The molecule has 0 radical (unpaired) electrons. The molecule has 1 saturated carbocycles. The maximum Gasteiger partial charge on any atom is 0.510 e. The van der Waals surface area contributed by atoms with Crippen LogP contribution in [-0.4, -0.2) is 37.9 Å². The summed E-state index contributed by atoms with van der Waals surface area (Å²) in [4.78, 5) is 11.2. The Morgan fingerprint density at radius 3 is 2.68 bits per heavy atom. The maximum absolute atomic E-state index is 11.2. The Morgan fingerprint density at radius 1 is 1.32 bits per heavy atom. The van der Waals surface area contributed by atoms with Crippen molar-refractivity contribution in [3.63, 3.8) is 0 Å². The minimum absolute atomic E-state index is 0.319. The third kappa shape index (κ3) is 4.99. The smallest absolute Gasteiger partial charge is 0.435 e. The average Bonchev–Trinajstić information content (AvgIpc) is 3.16. The largest absolute Gasteiger partial charge is 0.510 e. The molecule has 5 nitrogen and oxygen atoms in total. The predicted molar refractivity (Wildman–Crippen MR) is 68.8 cm³/mol. The molecule has 2 fully saturated rings. The third-order valence-electron chi connectivity index (χ3n) is 3.61. The van der Waals surface area contributed by atoms with E-state index in [1.54, 1.807) is 6.92 Å². The van der Waals surface area contributed by atoms with Crippen molar-refractivity contribution < 1.29 is 23.7 Å². The molecular formula is C14H24O5. The second-order valence-electron chi connectivity index (χ2n) is 5.22. The van der Waals surface area contributed by atoms with Gasteiger partial charge in [-0.1, -0.05) is 19.3 Å². The van der Waals surface area contributed by atoms with Crippen LogP contribution in [0.3, 0.4) is 0 Å². The van der Waals surface area contributed by atoms with Crippen molar-refractivity contribution in [1.29, 1.82) is 0 Å². The minimum Gasteiger partial charge on any atom is -0.435 e. The normalized spacial score (nSPS) is 27.0. The summed E-state index contributed by atoms with van der Waals surface area (Å²) in [6, 6.07) is 0. The first-order chi connectivity index (χ1) is 9.24. The Bertz CT molecular complexity index is 282. The van der Waals surface area contributed by atoms with E-state index in [2.05, 4.69) is 0 Å². The fourth-order valence-corrected chi connectivity index (χ4v) is 2.46. The van der Waals surface area contributed by atoms with Crippen molar-refractivity contribution in [2.75, 3.05) is 19.8 Å². The van der Waals surface area contributed by atoms with Crippen molar-refractivity contribution in [3.05, 3.63) is 0 Å². The predicted octanol–water partition coefficient (Wildman–Crippen LogP) is 3.02. The minimum atomic E-state index is -0.734. The molecule has 110 valence electrons. The monoisotopic (exact) mass is 272 g/mol. The van der Waals surface area contributed by atoms with Crippen LogP contribution in [-0.2, 0) is 18.9 Å². The van der Waals surface area contributed by atoms with Crippen LogP contribution in [0.4, 0.5) is 4.79 Å². The molecule has 0 bridgehead atoms. The van der Waals surface area contributed by atoms with Crippen molar-refractivity contribution in [2.45, 2.75) is 63.8 Å². The Labute approximate surface area is 114 Å². The highest BCUT2D eigenvalue weighted by Crippen LogP contribution is 2.34. The Morgan fingerprint density at radius 2 is 2.05 bits per heavy atom. The van der Waals surface area contributed by atoms with E-state index in [0.717, 1.165) is 6.42 Å². The van der Waals surface area contributed by atoms with Gasteiger partial charge in [0, 0.05) is 13.0 Å². The molecule has 0 spiro atoms. The number of ether oxygens (including phenoxy) is 4. The highest BCUT2D eigenvalue weighted by Gasteiger charge is 2.49. The van der Waals surface area contributed by atoms with E-state index in [4.69, 9.17) is 18.9 Å². The van der Waals surface area contributed by atoms with Crippen LogP contribution in [0.1, 0.15) is 51.9 Å². The van der Waals surface area contributed by atoms with Crippen LogP contribution in [0.25, 0.3) is 0 Å². The topological polar surface area (TPSA) is 57.3 Å². The van der Waals surface area contributed by atoms with E-state index in [9.17, 15) is 4.79 Å². The maximum atomic E-state index is 11.2. The summed E-state index contributed by atoms with van der Waals surface area (Å²) >= 11 is 0. The summed E-state index contributed by atoms with van der Waals surface area (Å²) in [5.41, 5.74) is 0. The van der Waals surface area contributed by atoms with Gasteiger partial charge < -0.3 is 18.9 Å². The zero-order valence-corrected chi connectivity index (χ0v) is 11.7. The van der Waals surface area contributed by atoms with E-state index < -0.39 is 11.9 Å². The molecule has 2 rings (SSSR count). The summed E-state index contributed by atoms with van der Waals surface area (Å²) in [7, 11) is 0. The highest BCUT2D eigenvalue weighted by atomic mass is 16.8. The molecule has 1 heterocycles. The van der Waals surface area contributed by atoms with Gasteiger partial charge in [-0.25, -0.2) is 4.79 Å². The molecule has 1 aliphatic heterocycles. The van der Waals surface area contributed by atoms with Crippen LogP contribution in [0.15, 0.2) is 0 Å². The second kappa shape index (κ2) is 7.10. The standard InChI is InChI=1S/C14H24O5/c1-2-16-13(15)19-14(11-18-14)9-6-10-17-12-7-4-3-5-8-12/h12H,2-11H2,1H3. The lowest BCUT2D eigenvalue weighted by atomic mass is 9.98. The number of hydrogen-bond acceptors (Lipinski definition) is 5. The van der Waals surface area contributed by atoms with Gasteiger partial charge in [0.15, 0.2) is 0 Å². The zero-order valence-electron chi connectivity index (χ0n) is 11.7. The molecule has 1 saturated heterocycles. The van der Waals surface area contributed by atoms with Crippen LogP contribution in [0.2, 0.25) is 0 Å². The van der Waals surface area contributed by atoms with E-state index in [0.29, 0.717) is 32.3 Å². The summed E-state index contributed by atoms with van der Waals surface area (Å²) in [5.74, 6) is -0.734. The number of rotatable bonds is 7. The Kier molecular flexibility index (Phi) is 5.45. The van der Waals surface area contributed by atoms with Gasteiger partial charge >= 0.3 is 6.16 Å². The number of hydrogen-bond donors (Lipinski definition) is 0. The molecule has 2 aliphatic rings. The van der Waals surface area contributed by atoms with Crippen LogP contribution >= 0.6 is 0 Å². The van der Waals surface area contributed by atoms with Crippen molar-refractivity contribution in [2.24, 2.45) is 0 Å². The van der Waals surface area contributed by atoms with Crippen molar-refractivity contribution >= 4 is 6.16 Å². The fraction of sp³-hybridized carbons (Fsp3) is 0.929.